The van der Waals surface area contributed by atoms with Crippen molar-refractivity contribution < 1.29 is 9.47 Å². The molecule has 1 N–H and O–H groups in total. The van der Waals surface area contributed by atoms with Crippen LogP contribution in [0.15, 0.2) is 41.7 Å². The van der Waals surface area contributed by atoms with Crippen molar-refractivity contribution in [3.05, 3.63) is 53.3 Å². The van der Waals surface area contributed by atoms with Crippen LogP contribution in [-0.2, 0) is 29.7 Å². The quantitative estimate of drug-likeness (QED) is 0.235. The Hall–Kier alpha value is -1.65. The maximum Gasteiger partial charge on any atom is 0.193 e. The van der Waals surface area contributed by atoms with E-state index in [9.17, 15) is 0 Å². The Balaban J connectivity index is 0.00000320. The van der Waals surface area contributed by atoms with Gasteiger partial charge in [0, 0.05) is 52.5 Å². The van der Waals surface area contributed by atoms with Crippen molar-refractivity contribution in [3.8, 4) is 0 Å². The van der Waals surface area contributed by atoms with E-state index in [1.807, 2.05) is 31.9 Å². The van der Waals surface area contributed by atoms with Crippen molar-refractivity contribution in [1.82, 2.24) is 20.0 Å². The Morgan fingerprint density at radius 2 is 2.07 bits per heavy atom. The standard InChI is InChI=1S/C22H33N5O2.HI/c1-4-28-10-11-29-17-19-7-5-6-18(12-19)13-24-22(23-2)27-9-8-20(16-27)21-14-25-26(3)15-21;/h5-7,12,14-15,20H,4,8-11,13,16-17H2,1-3H3,(H,23,24);1H. The second-order valence-electron chi connectivity index (χ2n) is 7.35. The van der Waals surface area contributed by atoms with E-state index in [1.165, 1.54) is 16.7 Å². The van der Waals surface area contributed by atoms with Gasteiger partial charge in [-0.3, -0.25) is 9.67 Å². The molecule has 1 aromatic heterocycles. The number of guanidine groups is 1. The lowest BCUT2D eigenvalue weighted by molar-refractivity contribution is 0.0453. The van der Waals surface area contributed by atoms with Gasteiger partial charge in [0.25, 0.3) is 0 Å². The third-order valence-electron chi connectivity index (χ3n) is 5.18. The van der Waals surface area contributed by atoms with E-state index in [1.54, 1.807) is 0 Å². The minimum atomic E-state index is 0. The highest BCUT2D eigenvalue weighted by Gasteiger charge is 2.26. The molecule has 1 unspecified atom stereocenters. The molecule has 2 aromatic rings. The average Bonchev–Trinajstić information content (AvgIpc) is 3.38. The number of aliphatic imine (C=N–C) groups is 1. The summed E-state index contributed by atoms with van der Waals surface area (Å²) in [6, 6.07) is 8.49. The topological polar surface area (TPSA) is 63.9 Å². The van der Waals surface area contributed by atoms with Crippen molar-refractivity contribution in [2.45, 2.75) is 32.4 Å². The Kier molecular flexibility index (Phi) is 10.6. The molecule has 0 aliphatic carbocycles. The summed E-state index contributed by atoms with van der Waals surface area (Å²) >= 11 is 0. The first-order valence-electron chi connectivity index (χ1n) is 10.4. The van der Waals surface area contributed by atoms with Crippen LogP contribution in [0.4, 0.5) is 0 Å². The largest absolute Gasteiger partial charge is 0.379 e. The summed E-state index contributed by atoms with van der Waals surface area (Å²) in [7, 11) is 3.82. The zero-order valence-electron chi connectivity index (χ0n) is 18.2. The molecular formula is C22H34IN5O2. The smallest absolute Gasteiger partial charge is 0.193 e. The minimum Gasteiger partial charge on any atom is -0.379 e. The third kappa shape index (κ3) is 7.24. The predicted octanol–water partition coefficient (Wildman–Crippen LogP) is 3.16. The van der Waals surface area contributed by atoms with Gasteiger partial charge >= 0.3 is 0 Å². The number of nitrogens with one attached hydrogen (secondary N) is 1. The minimum absolute atomic E-state index is 0. The summed E-state index contributed by atoms with van der Waals surface area (Å²) in [6.07, 6.45) is 5.22. The fourth-order valence-electron chi connectivity index (χ4n) is 3.67. The molecule has 0 bridgehead atoms. The molecule has 1 fully saturated rings. The van der Waals surface area contributed by atoms with Gasteiger partial charge in [-0.25, -0.2) is 0 Å². The second-order valence-corrected chi connectivity index (χ2v) is 7.35. The summed E-state index contributed by atoms with van der Waals surface area (Å²) < 4.78 is 12.9. The number of aryl methyl sites for hydroxylation is 1. The Morgan fingerprint density at radius 3 is 2.80 bits per heavy atom. The Morgan fingerprint density at radius 1 is 1.27 bits per heavy atom. The third-order valence-corrected chi connectivity index (χ3v) is 5.18. The molecule has 8 heteroatoms. The highest BCUT2D eigenvalue weighted by atomic mass is 127. The summed E-state index contributed by atoms with van der Waals surface area (Å²) in [5.74, 6) is 1.47. The van der Waals surface area contributed by atoms with Crippen molar-refractivity contribution in [2.24, 2.45) is 12.0 Å². The van der Waals surface area contributed by atoms with Crippen LogP contribution in [-0.4, -0.2) is 60.6 Å². The summed E-state index contributed by atoms with van der Waals surface area (Å²) in [6.45, 7) is 7.31. The van der Waals surface area contributed by atoms with Gasteiger partial charge in [0.15, 0.2) is 5.96 Å². The summed E-state index contributed by atoms with van der Waals surface area (Å²) in [5, 5.41) is 7.82. The monoisotopic (exact) mass is 527 g/mol. The van der Waals surface area contributed by atoms with Crippen LogP contribution in [0.2, 0.25) is 0 Å². The number of nitrogens with zero attached hydrogens (tertiary/aromatic N) is 4. The molecule has 0 amide bonds. The number of likely N-dealkylation sites (tertiary alicyclic amines) is 1. The van der Waals surface area contributed by atoms with Gasteiger partial charge < -0.3 is 19.7 Å². The molecule has 0 saturated carbocycles. The zero-order valence-corrected chi connectivity index (χ0v) is 20.5. The molecule has 1 aromatic carbocycles. The van der Waals surface area contributed by atoms with Crippen LogP contribution in [0.1, 0.15) is 36.0 Å². The van der Waals surface area contributed by atoms with Crippen LogP contribution in [0.25, 0.3) is 0 Å². The van der Waals surface area contributed by atoms with Crippen molar-refractivity contribution in [2.75, 3.05) is 40.0 Å². The molecule has 166 valence electrons. The first-order valence-corrected chi connectivity index (χ1v) is 10.4. The average molecular weight is 527 g/mol. The number of ether oxygens (including phenoxy) is 2. The molecule has 1 aliphatic rings. The second kappa shape index (κ2) is 12.9. The summed E-state index contributed by atoms with van der Waals surface area (Å²) in [4.78, 5) is 6.82. The van der Waals surface area contributed by atoms with E-state index in [-0.39, 0.29) is 24.0 Å². The lowest BCUT2D eigenvalue weighted by Gasteiger charge is -2.21. The molecule has 0 spiro atoms. The maximum atomic E-state index is 5.68. The number of hydrogen-bond donors (Lipinski definition) is 1. The zero-order chi connectivity index (χ0) is 20.5. The van der Waals surface area contributed by atoms with E-state index in [2.05, 4.69) is 50.8 Å². The van der Waals surface area contributed by atoms with Crippen molar-refractivity contribution >= 4 is 29.9 Å². The summed E-state index contributed by atoms with van der Waals surface area (Å²) in [5.41, 5.74) is 3.70. The fourth-order valence-corrected chi connectivity index (χ4v) is 3.67. The van der Waals surface area contributed by atoms with Crippen LogP contribution < -0.4 is 5.32 Å². The van der Waals surface area contributed by atoms with E-state index in [4.69, 9.17) is 9.47 Å². The van der Waals surface area contributed by atoms with Crippen molar-refractivity contribution in [3.63, 3.8) is 0 Å². The van der Waals surface area contributed by atoms with Crippen LogP contribution in [0, 0.1) is 0 Å². The van der Waals surface area contributed by atoms with E-state index < -0.39 is 0 Å². The van der Waals surface area contributed by atoms with E-state index in [0.29, 0.717) is 25.7 Å². The van der Waals surface area contributed by atoms with E-state index in [0.717, 1.165) is 38.6 Å². The molecule has 3 rings (SSSR count). The number of hydrogen-bond acceptors (Lipinski definition) is 4. The first-order chi connectivity index (χ1) is 14.2. The van der Waals surface area contributed by atoms with Gasteiger partial charge in [0.2, 0.25) is 0 Å². The van der Waals surface area contributed by atoms with Gasteiger partial charge in [0.05, 0.1) is 26.0 Å². The number of rotatable bonds is 9. The fraction of sp³-hybridized carbons (Fsp3) is 0.545. The molecule has 0 radical (unpaired) electrons. The van der Waals surface area contributed by atoms with Gasteiger partial charge in [-0.1, -0.05) is 24.3 Å². The van der Waals surface area contributed by atoms with E-state index >= 15 is 0 Å². The normalized spacial score (nSPS) is 16.6. The van der Waals surface area contributed by atoms with Gasteiger partial charge in [-0.15, -0.1) is 24.0 Å². The first kappa shape index (κ1) is 24.6. The lowest BCUT2D eigenvalue weighted by atomic mass is 10.0. The highest BCUT2D eigenvalue weighted by molar-refractivity contribution is 14.0. The number of halogens is 1. The molecular weight excluding hydrogens is 493 g/mol. The highest BCUT2D eigenvalue weighted by Crippen LogP contribution is 2.26. The molecule has 30 heavy (non-hydrogen) atoms. The van der Waals surface area contributed by atoms with Gasteiger partial charge in [-0.2, -0.15) is 5.10 Å². The number of benzene rings is 1. The molecule has 2 heterocycles. The molecule has 1 saturated heterocycles. The predicted molar refractivity (Wildman–Crippen MR) is 130 cm³/mol. The molecule has 1 aliphatic heterocycles. The SMILES string of the molecule is CCOCCOCc1cccc(CNC(=NC)N2CCC(c3cnn(C)c3)C2)c1.I. The van der Waals surface area contributed by atoms with Gasteiger partial charge in [0.1, 0.15) is 0 Å². The van der Waals surface area contributed by atoms with Crippen LogP contribution in [0.5, 0.6) is 0 Å². The number of aromatic nitrogens is 2. The van der Waals surface area contributed by atoms with Crippen LogP contribution in [0.3, 0.4) is 0 Å². The maximum absolute atomic E-state index is 5.68. The van der Waals surface area contributed by atoms with Gasteiger partial charge in [-0.05, 0) is 30.0 Å². The molecule has 1 atom stereocenters. The lowest BCUT2D eigenvalue weighted by Crippen LogP contribution is -2.39. The van der Waals surface area contributed by atoms with Crippen molar-refractivity contribution in [1.29, 1.82) is 0 Å². The Bertz CT molecular complexity index is 795. The van der Waals surface area contributed by atoms with Crippen LogP contribution >= 0.6 is 24.0 Å². The molecule has 7 nitrogen and oxygen atoms in total. The Labute approximate surface area is 196 Å².